The average Bonchev–Trinajstić information content (AvgIpc) is 2.94. The summed E-state index contributed by atoms with van der Waals surface area (Å²) in [7, 11) is 0. The van der Waals surface area contributed by atoms with Gasteiger partial charge in [0.25, 0.3) is 0 Å². The van der Waals surface area contributed by atoms with Crippen LogP contribution in [0, 0.1) is 6.92 Å². The Bertz CT molecular complexity index is 742. The lowest BCUT2D eigenvalue weighted by Crippen LogP contribution is -2.09. The van der Waals surface area contributed by atoms with Crippen LogP contribution in [0.3, 0.4) is 0 Å². The Hall–Kier alpha value is -2.70. The molecular weight excluding hydrogens is 266 g/mol. The Morgan fingerprint density at radius 2 is 2.10 bits per heavy atom. The molecule has 7 nitrogen and oxygen atoms in total. The minimum atomic E-state index is -1.29. The molecule has 0 atom stereocenters. The predicted octanol–water partition coefficient (Wildman–Crippen LogP) is 1.22. The highest BCUT2D eigenvalue weighted by atomic mass is 16.7. The third-order valence-electron chi connectivity index (χ3n) is 3.11. The van der Waals surface area contributed by atoms with Gasteiger partial charge in [-0.2, -0.15) is 0 Å². The van der Waals surface area contributed by atoms with Crippen LogP contribution in [0.15, 0.2) is 27.5 Å². The van der Waals surface area contributed by atoms with Gasteiger partial charge in [0, 0.05) is 0 Å². The van der Waals surface area contributed by atoms with E-state index >= 15 is 0 Å². The molecule has 0 amide bonds. The van der Waals surface area contributed by atoms with Crippen LogP contribution in [0.4, 0.5) is 0 Å². The number of benzene rings is 1. The van der Waals surface area contributed by atoms with Gasteiger partial charge in [-0.15, -0.1) is 0 Å². The minimum Gasteiger partial charge on any atom is -0.477 e. The fourth-order valence-corrected chi connectivity index (χ4v) is 2.08. The third-order valence-corrected chi connectivity index (χ3v) is 3.11. The largest absolute Gasteiger partial charge is 0.477 e. The van der Waals surface area contributed by atoms with Crippen LogP contribution in [0.1, 0.15) is 21.6 Å². The molecule has 20 heavy (non-hydrogen) atoms. The number of carbonyl (C=O) groups is 1. The van der Waals surface area contributed by atoms with Crippen LogP contribution in [0.2, 0.25) is 0 Å². The molecule has 0 aliphatic carbocycles. The van der Waals surface area contributed by atoms with Crippen molar-refractivity contribution in [2.45, 2.75) is 13.5 Å². The maximum absolute atomic E-state index is 11.5. The number of aromatic carboxylic acids is 1. The monoisotopic (exact) mass is 277 g/mol. The summed E-state index contributed by atoms with van der Waals surface area (Å²) in [5.74, 6) is -0.0144. The number of aromatic nitrogens is 1. The molecule has 104 valence electrons. The molecule has 2 heterocycles. The molecule has 0 fully saturated rings. The molecule has 0 unspecified atom stereocenters. The van der Waals surface area contributed by atoms with E-state index in [0.717, 1.165) is 5.56 Å². The zero-order valence-corrected chi connectivity index (χ0v) is 10.6. The van der Waals surface area contributed by atoms with Gasteiger partial charge in [0.05, 0.1) is 12.2 Å². The van der Waals surface area contributed by atoms with Gasteiger partial charge in [0.1, 0.15) is 0 Å². The Labute approximate surface area is 112 Å². The summed E-state index contributed by atoms with van der Waals surface area (Å²) in [4.78, 5) is 22.4. The Morgan fingerprint density at radius 1 is 1.35 bits per heavy atom. The van der Waals surface area contributed by atoms with Crippen LogP contribution in [0.5, 0.6) is 11.5 Å². The number of carboxylic acid groups (broad SMARTS) is 1. The molecule has 0 spiro atoms. The topological polar surface area (TPSA) is 90.9 Å². The van der Waals surface area contributed by atoms with Crippen LogP contribution in [-0.2, 0) is 6.54 Å². The van der Waals surface area contributed by atoms with E-state index in [1.807, 2.05) is 0 Å². The van der Waals surface area contributed by atoms with Crippen molar-refractivity contribution < 1.29 is 23.9 Å². The van der Waals surface area contributed by atoms with Crippen molar-refractivity contribution in [2.24, 2.45) is 0 Å². The van der Waals surface area contributed by atoms with E-state index in [9.17, 15) is 9.59 Å². The minimum absolute atomic E-state index is 0.180. The number of carboxylic acids is 1. The molecule has 0 saturated heterocycles. The molecule has 1 aromatic carbocycles. The molecule has 0 saturated carbocycles. The molecule has 0 radical (unpaired) electrons. The second-order valence-electron chi connectivity index (χ2n) is 4.37. The molecule has 0 bridgehead atoms. The predicted molar refractivity (Wildman–Crippen MR) is 66.3 cm³/mol. The van der Waals surface area contributed by atoms with Crippen LogP contribution in [0.25, 0.3) is 0 Å². The van der Waals surface area contributed by atoms with Crippen molar-refractivity contribution in [1.82, 2.24) is 4.74 Å². The van der Waals surface area contributed by atoms with Gasteiger partial charge >= 0.3 is 11.6 Å². The summed E-state index contributed by atoms with van der Waals surface area (Å²) in [6.07, 6.45) is 0. The van der Waals surface area contributed by atoms with Gasteiger partial charge in [0.2, 0.25) is 6.79 Å². The van der Waals surface area contributed by atoms with Gasteiger partial charge in [0.15, 0.2) is 17.1 Å². The first-order valence-corrected chi connectivity index (χ1v) is 5.89. The summed E-state index contributed by atoms with van der Waals surface area (Å²) >= 11 is 0. The molecule has 1 aliphatic heterocycles. The molecule has 1 aromatic heterocycles. The van der Waals surface area contributed by atoms with Crippen LogP contribution in [-0.4, -0.2) is 22.6 Å². The smallest absolute Gasteiger partial charge is 0.372 e. The van der Waals surface area contributed by atoms with E-state index < -0.39 is 11.6 Å². The highest BCUT2D eigenvalue weighted by Gasteiger charge is 2.20. The van der Waals surface area contributed by atoms with Gasteiger partial charge in [-0.1, -0.05) is 6.07 Å². The number of hydrogen-bond acceptors (Lipinski definition) is 5. The van der Waals surface area contributed by atoms with Crippen LogP contribution >= 0.6 is 0 Å². The summed E-state index contributed by atoms with van der Waals surface area (Å²) in [6, 6.07) is 5.32. The van der Waals surface area contributed by atoms with E-state index in [0.29, 0.717) is 11.5 Å². The second-order valence-corrected chi connectivity index (χ2v) is 4.37. The molecular formula is C13H11NO6. The highest BCUT2D eigenvalue weighted by Crippen LogP contribution is 2.32. The van der Waals surface area contributed by atoms with Crippen molar-refractivity contribution in [3.05, 3.63) is 45.4 Å². The molecule has 1 N–H and O–H groups in total. The summed E-state index contributed by atoms with van der Waals surface area (Å²) in [6.45, 7) is 1.95. The number of fused-ring (bicyclic) bond motifs is 1. The number of rotatable bonds is 3. The van der Waals surface area contributed by atoms with Crippen molar-refractivity contribution in [2.75, 3.05) is 6.79 Å². The fourth-order valence-electron chi connectivity index (χ4n) is 2.08. The summed E-state index contributed by atoms with van der Waals surface area (Å²) < 4.78 is 16.6. The average molecular weight is 277 g/mol. The Morgan fingerprint density at radius 3 is 2.80 bits per heavy atom. The van der Waals surface area contributed by atoms with Crippen molar-refractivity contribution in [3.63, 3.8) is 0 Å². The van der Waals surface area contributed by atoms with Gasteiger partial charge < -0.3 is 19.1 Å². The second kappa shape index (κ2) is 4.44. The lowest BCUT2D eigenvalue weighted by molar-refractivity contribution is 0.0693. The zero-order chi connectivity index (χ0) is 14.3. The summed E-state index contributed by atoms with van der Waals surface area (Å²) in [5, 5.41) is 8.94. The van der Waals surface area contributed by atoms with E-state index in [4.69, 9.17) is 19.1 Å². The first-order valence-electron chi connectivity index (χ1n) is 5.89. The summed E-state index contributed by atoms with van der Waals surface area (Å²) in [5.41, 5.74) is -0.102. The first-order chi connectivity index (χ1) is 9.56. The maximum Gasteiger partial charge on any atom is 0.372 e. The molecule has 3 rings (SSSR count). The lowest BCUT2D eigenvalue weighted by atomic mass is 10.2. The SMILES string of the molecule is Cc1c(C(=O)O)c(=O)on1Cc1ccc2c(c1)OCO2. The molecule has 1 aliphatic rings. The first kappa shape index (κ1) is 12.3. The molecule has 7 heteroatoms. The lowest BCUT2D eigenvalue weighted by Gasteiger charge is -2.05. The standard InChI is InChI=1S/C13H11NO6/c1-7-11(12(15)16)13(17)20-14(7)5-8-2-3-9-10(4-8)19-6-18-9/h2-4H,5-6H2,1H3,(H,15,16). The quantitative estimate of drug-likeness (QED) is 0.907. The normalized spacial score (nSPS) is 12.7. The van der Waals surface area contributed by atoms with Crippen LogP contribution < -0.4 is 15.1 Å². The molecule has 2 aromatic rings. The van der Waals surface area contributed by atoms with Gasteiger partial charge in [-0.25, -0.2) is 14.3 Å². The fraction of sp³-hybridized carbons (Fsp3) is 0.231. The number of ether oxygens (including phenoxy) is 2. The van der Waals surface area contributed by atoms with Gasteiger partial charge in [-0.3, -0.25) is 0 Å². The van der Waals surface area contributed by atoms with Crippen molar-refractivity contribution in [1.29, 1.82) is 0 Å². The van der Waals surface area contributed by atoms with E-state index in [-0.39, 0.29) is 24.6 Å². The Kier molecular flexibility index (Phi) is 2.74. The van der Waals surface area contributed by atoms with Crippen molar-refractivity contribution in [3.8, 4) is 11.5 Å². The number of nitrogens with zero attached hydrogens (tertiary/aromatic N) is 1. The Balaban J connectivity index is 1.94. The van der Waals surface area contributed by atoms with Crippen molar-refractivity contribution >= 4 is 5.97 Å². The van der Waals surface area contributed by atoms with E-state index in [2.05, 4.69) is 0 Å². The highest BCUT2D eigenvalue weighted by molar-refractivity contribution is 5.88. The number of hydrogen-bond donors (Lipinski definition) is 1. The third kappa shape index (κ3) is 1.93. The maximum atomic E-state index is 11.5. The van der Waals surface area contributed by atoms with E-state index in [1.54, 1.807) is 18.2 Å². The van der Waals surface area contributed by atoms with E-state index in [1.165, 1.54) is 11.7 Å². The van der Waals surface area contributed by atoms with Gasteiger partial charge in [-0.05, 0) is 24.6 Å². The zero-order valence-electron chi connectivity index (χ0n) is 10.6.